The molecule has 6 nitrogen and oxygen atoms in total. The van der Waals surface area contributed by atoms with Crippen LogP contribution in [-0.4, -0.2) is 35.0 Å². The summed E-state index contributed by atoms with van der Waals surface area (Å²) in [6.07, 6.45) is 1.19. The van der Waals surface area contributed by atoms with E-state index in [0.29, 0.717) is 17.2 Å². The maximum absolute atomic E-state index is 12.9. The molecule has 3 rings (SSSR count). The zero-order chi connectivity index (χ0) is 17.8. The van der Waals surface area contributed by atoms with Crippen LogP contribution in [-0.2, 0) is 9.59 Å². The monoisotopic (exact) mass is 342 g/mol. The minimum atomic E-state index is -0.496. The van der Waals surface area contributed by atoms with E-state index in [1.54, 1.807) is 24.3 Å². The number of nitrogens with one attached hydrogen (secondary N) is 1. The molecule has 0 fully saturated rings. The highest BCUT2D eigenvalue weighted by Crippen LogP contribution is 2.25. The van der Waals surface area contributed by atoms with Gasteiger partial charge in [-0.1, -0.05) is 6.07 Å². The number of β-amino-alcohol motifs (C(OH)–C–C–N with tert-alkyl or cyclic N) is 1. The van der Waals surface area contributed by atoms with Gasteiger partial charge in [-0.25, -0.2) is 4.39 Å². The van der Waals surface area contributed by atoms with Crippen molar-refractivity contribution in [3.63, 3.8) is 0 Å². The fraction of sp³-hybridized carbons (Fsp3) is 0.111. The van der Waals surface area contributed by atoms with E-state index in [2.05, 4.69) is 5.32 Å². The van der Waals surface area contributed by atoms with Crippen LogP contribution >= 0.6 is 0 Å². The number of imide groups is 1. The van der Waals surface area contributed by atoms with Gasteiger partial charge in [0.2, 0.25) is 0 Å². The molecule has 0 bridgehead atoms. The van der Waals surface area contributed by atoms with E-state index in [1.165, 1.54) is 30.3 Å². The zero-order valence-electron chi connectivity index (χ0n) is 13.1. The molecular formula is C18H15FN2O4. The van der Waals surface area contributed by atoms with Crippen LogP contribution in [0.1, 0.15) is 0 Å². The predicted molar refractivity (Wildman–Crippen MR) is 88.4 cm³/mol. The van der Waals surface area contributed by atoms with Gasteiger partial charge in [-0.05, 0) is 36.4 Å². The standard InChI is InChI=1S/C18H15FN2O4/c19-12-4-6-14(7-5-12)25-15-3-1-2-13(10-15)20-16-11-17(23)21(8-9-22)18(16)24/h1-7,10-11,20,22H,8-9H2. The maximum atomic E-state index is 12.9. The number of nitrogens with zero attached hydrogens (tertiary/aromatic N) is 1. The quantitative estimate of drug-likeness (QED) is 0.788. The Kier molecular flexibility index (Phi) is 4.76. The summed E-state index contributed by atoms with van der Waals surface area (Å²) >= 11 is 0. The Morgan fingerprint density at radius 1 is 1.08 bits per heavy atom. The first-order valence-electron chi connectivity index (χ1n) is 7.56. The summed E-state index contributed by atoms with van der Waals surface area (Å²) in [4.78, 5) is 24.8. The van der Waals surface area contributed by atoms with Crippen molar-refractivity contribution in [3.8, 4) is 11.5 Å². The smallest absolute Gasteiger partial charge is 0.277 e. The van der Waals surface area contributed by atoms with Gasteiger partial charge in [-0.3, -0.25) is 14.5 Å². The van der Waals surface area contributed by atoms with Crippen LogP contribution < -0.4 is 10.1 Å². The molecule has 0 saturated heterocycles. The van der Waals surface area contributed by atoms with Crippen LogP contribution in [0.5, 0.6) is 11.5 Å². The third-order valence-corrected chi connectivity index (χ3v) is 3.50. The number of halogens is 1. The normalized spacial score (nSPS) is 13.8. The maximum Gasteiger partial charge on any atom is 0.277 e. The first-order valence-corrected chi connectivity index (χ1v) is 7.56. The number of carbonyl (C=O) groups excluding carboxylic acids is 2. The van der Waals surface area contributed by atoms with Crippen molar-refractivity contribution in [1.82, 2.24) is 4.90 Å². The Morgan fingerprint density at radius 2 is 1.84 bits per heavy atom. The first-order chi connectivity index (χ1) is 12.1. The minimum absolute atomic E-state index is 0.0485. The molecule has 2 amide bonds. The number of carbonyl (C=O) groups is 2. The molecule has 0 radical (unpaired) electrons. The number of amides is 2. The highest BCUT2D eigenvalue weighted by atomic mass is 19.1. The molecule has 2 aromatic carbocycles. The molecular weight excluding hydrogens is 327 g/mol. The Hall–Kier alpha value is -3.19. The molecule has 0 atom stereocenters. The lowest BCUT2D eigenvalue weighted by atomic mass is 10.2. The van der Waals surface area contributed by atoms with Crippen LogP contribution in [0.2, 0.25) is 0 Å². The Morgan fingerprint density at radius 3 is 2.56 bits per heavy atom. The van der Waals surface area contributed by atoms with Gasteiger partial charge in [-0.2, -0.15) is 0 Å². The molecule has 0 spiro atoms. The van der Waals surface area contributed by atoms with E-state index in [-0.39, 0.29) is 24.7 Å². The fourth-order valence-electron chi connectivity index (χ4n) is 2.34. The number of rotatable bonds is 6. The molecule has 0 saturated carbocycles. The van der Waals surface area contributed by atoms with E-state index in [1.807, 2.05) is 0 Å². The van der Waals surface area contributed by atoms with Crippen molar-refractivity contribution < 1.29 is 23.8 Å². The van der Waals surface area contributed by atoms with Gasteiger partial charge in [0, 0.05) is 17.8 Å². The number of hydrogen-bond acceptors (Lipinski definition) is 5. The molecule has 7 heteroatoms. The third kappa shape index (κ3) is 3.84. The van der Waals surface area contributed by atoms with Gasteiger partial charge in [0.1, 0.15) is 23.0 Å². The Labute approximate surface area is 143 Å². The van der Waals surface area contributed by atoms with E-state index in [9.17, 15) is 14.0 Å². The van der Waals surface area contributed by atoms with Crippen LogP contribution in [0, 0.1) is 5.82 Å². The summed E-state index contributed by atoms with van der Waals surface area (Å²) < 4.78 is 18.5. The molecule has 2 aromatic rings. The van der Waals surface area contributed by atoms with Crippen LogP contribution in [0.25, 0.3) is 0 Å². The van der Waals surface area contributed by atoms with E-state index >= 15 is 0 Å². The minimum Gasteiger partial charge on any atom is -0.457 e. The lowest BCUT2D eigenvalue weighted by Crippen LogP contribution is -2.34. The Balaban J connectivity index is 1.72. The second-order valence-electron chi connectivity index (χ2n) is 5.29. The van der Waals surface area contributed by atoms with Crippen LogP contribution in [0.15, 0.2) is 60.3 Å². The number of anilines is 1. The highest BCUT2D eigenvalue weighted by Gasteiger charge is 2.30. The van der Waals surface area contributed by atoms with Crippen molar-refractivity contribution >= 4 is 17.5 Å². The molecule has 0 aliphatic carbocycles. The Bertz CT molecular complexity index is 833. The second-order valence-corrected chi connectivity index (χ2v) is 5.29. The summed E-state index contributed by atoms with van der Waals surface area (Å²) in [5.74, 6) is -0.365. The van der Waals surface area contributed by atoms with Crippen molar-refractivity contribution in [2.75, 3.05) is 18.5 Å². The van der Waals surface area contributed by atoms with Crippen molar-refractivity contribution in [2.24, 2.45) is 0 Å². The topological polar surface area (TPSA) is 78.9 Å². The van der Waals surface area contributed by atoms with Gasteiger partial charge in [-0.15, -0.1) is 0 Å². The van der Waals surface area contributed by atoms with E-state index in [4.69, 9.17) is 9.84 Å². The molecule has 2 N–H and O–H groups in total. The SMILES string of the molecule is O=C1C=C(Nc2cccc(Oc3ccc(F)cc3)c2)C(=O)N1CCO. The van der Waals surface area contributed by atoms with Crippen LogP contribution in [0.4, 0.5) is 10.1 Å². The lowest BCUT2D eigenvalue weighted by molar-refractivity contribution is -0.137. The number of aliphatic hydroxyl groups excluding tert-OH is 1. The molecule has 128 valence electrons. The summed E-state index contributed by atoms with van der Waals surface area (Å²) in [6, 6.07) is 12.4. The van der Waals surface area contributed by atoms with Crippen LogP contribution in [0.3, 0.4) is 0 Å². The summed E-state index contributed by atoms with van der Waals surface area (Å²) in [7, 11) is 0. The van der Waals surface area contributed by atoms with Crippen molar-refractivity contribution in [2.45, 2.75) is 0 Å². The van der Waals surface area contributed by atoms with Gasteiger partial charge in [0.05, 0.1) is 13.2 Å². The van der Waals surface area contributed by atoms with Gasteiger partial charge in [0.15, 0.2) is 0 Å². The first kappa shape index (κ1) is 16.7. The van der Waals surface area contributed by atoms with Gasteiger partial charge < -0.3 is 15.2 Å². The molecule has 1 aliphatic heterocycles. The fourth-order valence-corrected chi connectivity index (χ4v) is 2.34. The largest absolute Gasteiger partial charge is 0.457 e. The van der Waals surface area contributed by atoms with Gasteiger partial charge >= 0.3 is 0 Å². The van der Waals surface area contributed by atoms with Crippen molar-refractivity contribution in [1.29, 1.82) is 0 Å². The second kappa shape index (κ2) is 7.14. The average Bonchev–Trinajstić information content (AvgIpc) is 2.85. The third-order valence-electron chi connectivity index (χ3n) is 3.50. The molecule has 0 aromatic heterocycles. The van der Waals surface area contributed by atoms with E-state index < -0.39 is 11.8 Å². The predicted octanol–water partition coefficient (Wildman–Crippen LogP) is 2.27. The molecule has 25 heavy (non-hydrogen) atoms. The molecule has 1 aliphatic rings. The summed E-state index contributed by atoms with van der Waals surface area (Å²) in [6.45, 7) is -0.341. The molecule has 1 heterocycles. The number of aliphatic hydroxyl groups is 1. The number of benzene rings is 2. The zero-order valence-corrected chi connectivity index (χ0v) is 13.1. The summed E-state index contributed by atoms with van der Waals surface area (Å²) in [5, 5.41) is 11.8. The number of ether oxygens (including phenoxy) is 1. The average molecular weight is 342 g/mol. The lowest BCUT2D eigenvalue weighted by Gasteiger charge is -2.14. The van der Waals surface area contributed by atoms with Gasteiger partial charge in [0.25, 0.3) is 11.8 Å². The summed E-state index contributed by atoms with van der Waals surface area (Å²) in [5.41, 5.74) is 0.676. The van der Waals surface area contributed by atoms with E-state index in [0.717, 1.165) is 4.90 Å². The van der Waals surface area contributed by atoms with Crippen molar-refractivity contribution in [3.05, 3.63) is 66.1 Å². The highest BCUT2D eigenvalue weighted by molar-refractivity contribution is 6.17. The molecule has 0 unspecified atom stereocenters. The number of hydrogen-bond donors (Lipinski definition) is 2.